The number of nitrogens with zero attached hydrogens (tertiary/aromatic N) is 1. The number of hydrogen-bond donors (Lipinski definition) is 1. The van der Waals surface area contributed by atoms with Gasteiger partial charge in [-0.1, -0.05) is 13.0 Å². The molecule has 0 unspecified atom stereocenters. The largest absolute Gasteiger partial charge is 0.419 e. The third kappa shape index (κ3) is 4.11. The van der Waals surface area contributed by atoms with Crippen molar-refractivity contribution >= 4 is 11.7 Å². The Morgan fingerprint density at radius 2 is 2.05 bits per heavy atom. The molecule has 3 nitrogen and oxygen atoms in total. The number of benzene rings is 1. The van der Waals surface area contributed by atoms with E-state index in [1.54, 1.807) is 0 Å². The van der Waals surface area contributed by atoms with Crippen LogP contribution in [0.4, 0.5) is 28.0 Å². The van der Waals surface area contributed by atoms with E-state index in [2.05, 4.69) is 5.32 Å². The highest BCUT2D eigenvalue weighted by Crippen LogP contribution is 2.34. The van der Waals surface area contributed by atoms with Crippen LogP contribution in [0.5, 0.6) is 0 Å². The molecule has 0 heterocycles. The van der Waals surface area contributed by atoms with Gasteiger partial charge in [0.15, 0.2) is 5.82 Å². The highest BCUT2D eigenvalue weighted by molar-refractivity contribution is 5.89. The molecule has 0 aromatic heterocycles. The van der Waals surface area contributed by atoms with E-state index in [4.69, 9.17) is 0 Å². The zero-order valence-corrected chi connectivity index (χ0v) is 12.2. The minimum Gasteiger partial charge on any atom is -0.324 e. The summed E-state index contributed by atoms with van der Waals surface area (Å²) in [6, 6.07) is 2.29. The van der Waals surface area contributed by atoms with Gasteiger partial charge < -0.3 is 10.2 Å². The molecule has 0 spiro atoms. The Labute approximate surface area is 126 Å². The third-order valence-corrected chi connectivity index (χ3v) is 3.50. The molecular weight excluding hydrogens is 300 g/mol. The number of alkyl halides is 3. The molecule has 0 aliphatic heterocycles. The van der Waals surface area contributed by atoms with E-state index >= 15 is 0 Å². The molecule has 1 aliphatic rings. The minimum atomic E-state index is -4.79. The van der Waals surface area contributed by atoms with Gasteiger partial charge in [0, 0.05) is 13.1 Å². The van der Waals surface area contributed by atoms with Crippen LogP contribution in [0.15, 0.2) is 18.2 Å². The Balaban J connectivity index is 2.13. The first kappa shape index (κ1) is 16.6. The van der Waals surface area contributed by atoms with Crippen molar-refractivity contribution in [3.05, 3.63) is 29.6 Å². The first-order chi connectivity index (χ1) is 10.3. The van der Waals surface area contributed by atoms with E-state index in [1.807, 2.05) is 6.92 Å². The molecule has 0 radical (unpaired) electrons. The van der Waals surface area contributed by atoms with Gasteiger partial charge >= 0.3 is 12.2 Å². The predicted octanol–water partition coefficient (Wildman–Crippen LogP) is 4.50. The summed E-state index contributed by atoms with van der Waals surface area (Å²) in [5.41, 5.74) is -1.83. The van der Waals surface area contributed by atoms with E-state index in [-0.39, 0.29) is 0 Å². The third-order valence-electron chi connectivity index (χ3n) is 3.50. The van der Waals surface area contributed by atoms with Crippen molar-refractivity contribution in [1.82, 2.24) is 4.90 Å². The molecule has 0 bridgehead atoms. The van der Waals surface area contributed by atoms with Crippen LogP contribution in [0.2, 0.25) is 0 Å². The maximum Gasteiger partial charge on any atom is 0.419 e. The molecule has 1 aromatic rings. The number of rotatable bonds is 5. The van der Waals surface area contributed by atoms with Gasteiger partial charge in [0.1, 0.15) is 0 Å². The van der Waals surface area contributed by atoms with Crippen LogP contribution in [0.1, 0.15) is 31.7 Å². The molecule has 2 rings (SSSR count). The quantitative estimate of drug-likeness (QED) is 0.797. The Morgan fingerprint density at radius 3 is 2.59 bits per heavy atom. The average molecular weight is 318 g/mol. The predicted molar refractivity (Wildman–Crippen MR) is 75.0 cm³/mol. The number of carbonyl (C=O) groups is 1. The summed E-state index contributed by atoms with van der Waals surface area (Å²) in [5.74, 6) is -1.00. The highest BCUT2D eigenvalue weighted by atomic mass is 19.4. The zero-order chi connectivity index (χ0) is 16.3. The van der Waals surface area contributed by atoms with Gasteiger partial charge in [0.05, 0.1) is 11.3 Å². The van der Waals surface area contributed by atoms with Gasteiger partial charge in [-0.05, 0) is 37.3 Å². The smallest absolute Gasteiger partial charge is 0.324 e. The van der Waals surface area contributed by atoms with Crippen LogP contribution >= 0.6 is 0 Å². The fourth-order valence-corrected chi connectivity index (χ4v) is 2.20. The minimum absolute atomic E-state index is 0.447. The van der Waals surface area contributed by atoms with Crippen molar-refractivity contribution in [2.24, 2.45) is 5.92 Å². The number of urea groups is 1. The summed E-state index contributed by atoms with van der Waals surface area (Å²) in [6.45, 7) is 2.95. The summed E-state index contributed by atoms with van der Waals surface area (Å²) < 4.78 is 51.9. The van der Waals surface area contributed by atoms with E-state index in [0.717, 1.165) is 31.4 Å². The van der Waals surface area contributed by atoms with Gasteiger partial charge in [-0.15, -0.1) is 0 Å². The van der Waals surface area contributed by atoms with Crippen LogP contribution in [0.25, 0.3) is 0 Å². The van der Waals surface area contributed by atoms with Gasteiger partial charge in [0.25, 0.3) is 0 Å². The van der Waals surface area contributed by atoms with Crippen LogP contribution < -0.4 is 5.32 Å². The lowest BCUT2D eigenvalue weighted by molar-refractivity contribution is -0.139. The van der Waals surface area contributed by atoms with Crippen molar-refractivity contribution in [1.29, 1.82) is 0 Å². The Morgan fingerprint density at radius 1 is 1.36 bits per heavy atom. The SMILES string of the molecule is CCCN(CC1CC1)C(=O)Nc1cccc(C(F)(F)F)c1F. The lowest BCUT2D eigenvalue weighted by Crippen LogP contribution is -2.37. The lowest BCUT2D eigenvalue weighted by Gasteiger charge is -2.23. The van der Waals surface area contributed by atoms with E-state index in [0.29, 0.717) is 25.1 Å². The maximum absolute atomic E-state index is 13.9. The topological polar surface area (TPSA) is 32.3 Å². The highest BCUT2D eigenvalue weighted by Gasteiger charge is 2.35. The van der Waals surface area contributed by atoms with E-state index in [9.17, 15) is 22.4 Å². The van der Waals surface area contributed by atoms with E-state index in [1.165, 1.54) is 4.90 Å². The van der Waals surface area contributed by atoms with Gasteiger partial charge in [-0.3, -0.25) is 0 Å². The Hall–Kier alpha value is -1.79. The molecule has 122 valence electrons. The summed E-state index contributed by atoms with van der Waals surface area (Å²) >= 11 is 0. The number of halogens is 4. The second kappa shape index (κ2) is 6.54. The maximum atomic E-state index is 13.9. The molecule has 1 saturated carbocycles. The van der Waals surface area contributed by atoms with Gasteiger partial charge in [-0.2, -0.15) is 13.2 Å². The second-order valence-corrected chi connectivity index (χ2v) is 5.48. The fourth-order valence-electron chi connectivity index (χ4n) is 2.20. The van der Waals surface area contributed by atoms with Crippen molar-refractivity contribution in [3.8, 4) is 0 Å². The van der Waals surface area contributed by atoms with Gasteiger partial charge in [0.2, 0.25) is 0 Å². The summed E-state index contributed by atoms with van der Waals surface area (Å²) in [7, 11) is 0. The number of nitrogens with one attached hydrogen (secondary N) is 1. The molecule has 0 atom stereocenters. The van der Waals surface area contributed by atoms with Crippen molar-refractivity contribution < 1.29 is 22.4 Å². The second-order valence-electron chi connectivity index (χ2n) is 5.48. The standard InChI is InChI=1S/C15H18F4N2O/c1-2-8-21(9-10-6-7-10)14(22)20-12-5-3-4-11(13(12)16)15(17,18)19/h3-5,10H,2,6-9H2,1H3,(H,20,22). The molecular formula is C15H18F4N2O. The van der Waals surface area contributed by atoms with Crippen molar-refractivity contribution in [2.75, 3.05) is 18.4 Å². The first-order valence-electron chi connectivity index (χ1n) is 7.24. The zero-order valence-electron chi connectivity index (χ0n) is 12.2. The summed E-state index contributed by atoms with van der Waals surface area (Å²) in [6.07, 6.45) is -1.97. The van der Waals surface area contributed by atoms with Crippen LogP contribution in [0.3, 0.4) is 0 Å². The molecule has 1 N–H and O–H groups in total. The van der Waals surface area contributed by atoms with Crippen LogP contribution in [-0.4, -0.2) is 24.0 Å². The van der Waals surface area contributed by atoms with Crippen molar-refractivity contribution in [2.45, 2.75) is 32.4 Å². The average Bonchev–Trinajstić information content (AvgIpc) is 3.23. The molecule has 1 aliphatic carbocycles. The molecule has 0 saturated heterocycles. The molecule has 22 heavy (non-hydrogen) atoms. The van der Waals surface area contributed by atoms with E-state index < -0.39 is 29.3 Å². The normalized spacial score (nSPS) is 14.8. The first-order valence-corrected chi connectivity index (χ1v) is 7.24. The number of amides is 2. The fraction of sp³-hybridized carbons (Fsp3) is 0.533. The molecule has 1 fully saturated rings. The Bertz CT molecular complexity index is 541. The summed E-state index contributed by atoms with van der Waals surface area (Å²) in [4.78, 5) is 13.7. The number of carbonyl (C=O) groups excluding carboxylic acids is 1. The van der Waals surface area contributed by atoms with Gasteiger partial charge in [-0.25, -0.2) is 9.18 Å². The van der Waals surface area contributed by atoms with Crippen LogP contribution in [0, 0.1) is 11.7 Å². The lowest BCUT2D eigenvalue weighted by atomic mass is 10.2. The van der Waals surface area contributed by atoms with Crippen LogP contribution in [-0.2, 0) is 6.18 Å². The molecule has 7 heteroatoms. The number of anilines is 1. The van der Waals surface area contributed by atoms with Crippen molar-refractivity contribution in [3.63, 3.8) is 0 Å². The molecule has 2 amide bonds. The Kier molecular flexibility index (Phi) is 4.93. The number of hydrogen-bond acceptors (Lipinski definition) is 1. The monoisotopic (exact) mass is 318 g/mol. The molecule has 1 aromatic carbocycles. The summed E-state index contributed by atoms with van der Waals surface area (Å²) in [5, 5.41) is 2.25.